The van der Waals surface area contributed by atoms with Crippen LogP contribution in [0.5, 0.6) is 23.0 Å². The lowest BCUT2D eigenvalue weighted by Gasteiger charge is -2.23. The fraction of sp³-hybridized carbons (Fsp3) is 0. The Hall–Kier alpha value is -5.86. The van der Waals surface area contributed by atoms with Crippen LogP contribution in [0.3, 0.4) is 0 Å². The zero-order chi connectivity index (χ0) is 28.8. The van der Waals surface area contributed by atoms with Gasteiger partial charge in [-0.15, -0.1) is 0 Å². The van der Waals surface area contributed by atoms with Crippen LogP contribution in [0.2, 0.25) is 0 Å². The third-order valence-corrected chi connectivity index (χ3v) is 9.30. The third kappa shape index (κ3) is 3.20. The first-order chi connectivity index (χ1) is 21.8. The minimum Gasteiger partial charge on any atom is -0.456 e. The maximum absolute atomic E-state index is 6.39. The van der Waals surface area contributed by atoms with Gasteiger partial charge in [0.1, 0.15) is 23.0 Å². The molecule has 44 heavy (non-hydrogen) atoms. The van der Waals surface area contributed by atoms with Gasteiger partial charge in [-0.2, -0.15) is 0 Å². The van der Waals surface area contributed by atoms with Crippen LogP contribution >= 0.6 is 0 Å². The van der Waals surface area contributed by atoms with E-state index in [0.717, 1.165) is 34.1 Å². The summed E-state index contributed by atoms with van der Waals surface area (Å²) >= 11 is 0. The molecule has 8 aromatic carbocycles. The molecule has 0 saturated heterocycles. The molecule has 204 valence electrons. The molecule has 2 aliphatic rings. The first-order valence-electron chi connectivity index (χ1n) is 15.0. The van der Waals surface area contributed by atoms with E-state index in [4.69, 9.17) is 9.47 Å². The number of fused-ring (bicyclic) bond motifs is 5. The number of rotatable bonds is 2. The lowest BCUT2D eigenvalue weighted by molar-refractivity contribution is 0.487. The van der Waals surface area contributed by atoms with Crippen molar-refractivity contribution in [2.24, 2.45) is 0 Å². The Morgan fingerprint density at radius 2 is 0.591 bits per heavy atom. The average molecular weight is 561 g/mol. The second-order valence-electron chi connectivity index (χ2n) is 11.6. The number of para-hydroxylation sites is 2. The number of hydrogen-bond donors (Lipinski definition) is 0. The molecule has 0 spiro atoms. The Bertz CT molecular complexity index is 2330. The van der Waals surface area contributed by atoms with Gasteiger partial charge in [-0.05, 0) is 79.2 Å². The van der Waals surface area contributed by atoms with Crippen LogP contribution in [0.4, 0.5) is 0 Å². The quantitative estimate of drug-likeness (QED) is 0.209. The van der Waals surface area contributed by atoms with Crippen molar-refractivity contribution in [2.75, 3.05) is 0 Å². The first-order valence-corrected chi connectivity index (χ1v) is 15.0. The third-order valence-electron chi connectivity index (χ3n) is 9.30. The summed E-state index contributed by atoms with van der Waals surface area (Å²) in [6, 6.07) is 51.8. The highest BCUT2D eigenvalue weighted by Gasteiger charge is 2.24. The van der Waals surface area contributed by atoms with Gasteiger partial charge < -0.3 is 9.47 Å². The molecule has 0 aromatic heterocycles. The van der Waals surface area contributed by atoms with E-state index < -0.39 is 0 Å². The van der Waals surface area contributed by atoms with Crippen molar-refractivity contribution in [3.63, 3.8) is 0 Å². The maximum Gasteiger partial charge on any atom is 0.135 e. The molecule has 0 N–H and O–H groups in total. The minimum absolute atomic E-state index is 0.907. The normalized spacial score (nSPS) is 12.5. The molecule has 0 unspecified atom stereocenters. The summed E-state index contributed by atoms with van der Waals surface area (Å²) in [6.45, 7) is 0. The Morgan fingerprint density at radius 1 is 0.227 bits per heavy atom. The molecule has 0 amide bonds. The topological polar surface area (TPSA) is 18.5 Å². The molecule has 0 radical (unpaired) electrons. The van der Waals surface area contributed by atoms with Crippen LogP contribution < -0.4 is 9.47 Å². The highest BCUT2D eigenvalue weighted by Crippen LogP contribution is 2.51. The van der Waals surface area contributed by atoms with E-state index in [-0.39, 0.29) is 0 Å². The van der Waals surface area contributed by atoms with Crippen LogP contribution in [0.1, 0.15) is 0 Å². The van der Waals surface area contributed by atoms with Gasteiger partial charge >= 0.3 is 0 Å². The van der Waals surface area contributed by atoms with Crippen molar-refractivity contribution < 1.29 is 9.47 Å². The van der Waals surface area contributed by atoms with Crippen LogP contribution in [0.15, 0.2) is 146 Å². The fourth-order valence-electron chi connectivity index (χ4n) is 7.41. The number of ether oxygens (including phenoxy) is 2. The van der Waals surface area contributed by atoms with Crippen molar-refractivity contribution in [1.82, 2.24) is 0 Å². The summed E-state index contributed by atoms with van der Waals surface area (Å²) in [5, 5.41) is 7.19. The van der Waals surface area contributed by atoms with Crippen molar-refractivity contribution in [2.45, 2.75) is 0 Å². The molecule has 0 saturated carbocycles. The summed E-state index contributed by atoms with van der Waals surface area (Å²) in [6.07, 6.45) is 0. The van der Waals surface area contributed by atoms with Gasteiger partial charge in [-0.25, -0.2) is 0 Å². The molecule has 2 heteroatoms. The Balaban J connectivity index is 1.20. The summed E-state index contributed by atoms with van der Waals surface area (Å²) in [5.41, 5.74) is 9.55. The molecule has 0 aliphatic carbocycles. The predicted octanol–water partition coefficient (Wildman–Crippen LogP) is 12.0. The van der Waals surface area contributed by atoms with Crippen molar-refractivity contribution >= 4 is 32.3 Å². The van der Waals surface area contributed by atoms with Crippen molar-refractivity contribution in [1.29, 1.82) is 0 Å². The zero-order valence-corrected chi connectivity index (χ0v) is 23.7. The molecule has 8 aromatic rings. The molecule has 2 aliphatic heterocycles. The molecule has 2 nitrogen and oxygen atoms in total. The van der Waals surface area contributed by atoms with Crippen LogP contribution in [0.25, 0.3) is 76.8 Å². The van der Waals surface area contributed by atoms with Gasteiger partial charge in [0, 0.05) is 21.9 Å². The summed E-state index contributed by atoms with van der Waals surface area (Å²) in [5.74, 6) is 3.63. The number of hydrogen-bond acceptors (Lipinski definition) is 2. The summed E-state index contributed by atoms with van der Waals surface area (Å²) in [4.78, 5) is 0. The van der Waals surface area contributed by atoms with E-state index >= 15 is 0 Å². The van der Waals surface area contributed by atoms with Gasteiger partial charge in [-0.1, -0.05) is 121 Å². The summed E-state index contributed by atoms with van der Waals surface area (Å²) in [7, 11) is 0. The SMILES string of the molecule is c1ccc2c(c1)Oc1ccc(-c3cccc4c(-c5ccc6c7c(cccc57)-c5ccccc5O6)cccc34)c3cccc-2c13. The lowest BCUT2D eigenvalue weighted by atomic mass is 9.86. The molecular formula is C42H24O2. The van der Waals surface area contributed by atoms with Gasteiger partial charge in [0.05, 0.1) is 0 Å². The second-order valence-corrected chi connectivity index (χ2v) is 11.6. The van der Waals surface area contributed by atoms with E-state index in [1.54, 1.807) is 0 Å². The smallest absolute Gasteiger partial charge is 0.135 e. The highest BCUT2D eigenvalue weighted by atomic mass is 16.5. The first kappa shape index (κ1) is 23.7. The molecule has 0 bridgehead atoms. The molecular weight excluding hydrogens is 536 g/mol. The average Bonchev–Trinajstić information content (AvgIpc) is 3.08. The molecule has 10 rings (SSSR count). The lowest BCUT2D eigenvalue weighted by Crippen LogP contribution is -1.98. The van der Waals surface area contributed by atoms with E-state index in [2.05, 4.69) is 121 Å². The highest BCUT2D eigenvalue weighted by molar-refractivity contribution is 6.17. The molecule has 0 atom stereocenters. The number of benzene rings is 8. The monoisotopic (exact) mass is 560 g/mol. The van der Waals surface area contributed by atoms with E-state index in [0.29, 0.717) is 0 Å². The van der Waals surface area contributed by atoms with Gasteiger partial charge in [0.25, 0.3) is 0 Å². The molecule has 2 heterocycles. The van der Waals surface area contributed by atoms with Gasteiger partial charge in [0.15, 0.2) is 0 Å². The Kier molecular flexibility index (Phi) is 4.75. The fourth-order valence-corrected chi connectivity index (χ4v) is 7.41. The minimum atomic E-state index is 0.907. The van der Waals surface area contributed by atoms with E-state index in [1.807, 2.05) is 24.3 Å². The zero-order valence-electron chi connectivity index (χ0n) is 23.7. The second kappa shape index (κ2) is 8.82. The Morgan fingerprint density at radius 3 is 1.07 bits per heavy atom. The predicted molar refractivity (Wildman–Crippen MR) is 181 cm³/mol. The van der Waals surface area contributed by atoms with E-state index in [9.17, 15) is 0 Å². The van der Waals surface area contributed by atoms with Crippen molar-refractivity contribution in [3.8, 4) is 67.5 Å². The largest absolute Gasteiger partial charge is 0.456 e. The Labute approximate surface area is 254 Å². The van der Waals surface area contributed by atoms with Crippen LogP contribution in [-0.4, -0.2) is 0 Å². The maximum atomic E-state index is 6.39. The summed E-state index contributed by atoms with van der Waals surface area (Å²) < 4.78 is 12.8. The van der Waals surface area contributed by atoms with Gasteiger partial charge in [-0.3, -0.25) is 0 Å². The standard InChI is InChI=1S/C42H24O2/c1-3-19-37-31(9-1)35-17-7-15-33-29(21-23-39(43-37)41(33)35)27-13-5-12-26-25(27)11-6-14-28(26)30-22-24-40-42-34(30)16-8-18-36(42)32-10-2-4-20-38(32)44-40/h1-24H. The van der Waals surface area contributed by atoms with Gasteiger partial charge in [0.2, 0.25) is 0 Å². The molecule has 0 fully saturated rings. The van der Waals surface area contributed by atoms with E-state index in [1.165, 1.54) is 65.7 Å². The van der Waals surface area contributed by atoms with Crippen molar-refractivity contribution in [3.05, 3.63) is 146 Å². The van der Waals surface area contributed by atoms with Crippen LogP contribution in [0, 0.1) is 0 Å². The van der Waals surface area contributed by atoms with Crippen LogP contribution in [-0.2, 0) is 0 Å².